The van der Waals surface area contributed by atoms with Crippen molar-refractivity contribution < 1.29 is 47.7 Å². The molecule has 0 heterocycles. The van der Waals surface area contributed by atoms with Gasteiger partial charge in [0.25, 0.3) is 0 Å². The van der Waals surface area contributed by atoms with Gasteiger partial charge in [0.1, 0.15) is 37.5 Å². The van der Waals surface area contributed by atoms with E-state index in [1.807, 2.05) is 0 Å². The van der Waals surface area contributed by atoms with Crippen LogP contribution in [0.3, 0.4) is 0 Å². The number of ether oxygens (including phenoxy) is 4. The molecule has 4 amide bonds. The molecule has 0 saturated heterocycles. The van der Waals surface area contributed by atoms with Crippen molar-refractivity contribution in [3.63, 3.8) is 0 Å². The number of carbonyl (C=O) groups excluding carboxylic acids is 6. The summed E-state index contributed by atoms with van der Waals surface area (Å²) in [6.07, 6.45) is 3.79. The topological polar surface area (TPSA) is 187 Å². The number of benzene rings is 1. The molecule has 226 valence electrons. The van der Waals surface area contributed by atoms with Crippen molar-refractivity contribution in [2.75, 3.05) is 37.1 Å². The van der Waals surface area contributed by atoms with Crippen LogP contribution in [-0.2, 0) is 38.1 Å². The van der Waals surface area contributed by atoms with Crippen molar-refractivity contribution in [2.45, 2.75) is 24.9 Å². The summed E-state index contributed by atoms with van der Waals surface area (Å²) < 4.78 is 20.0. The molecule has 0 spiro atoms. The van der Waals surface area contributed by atoms with Crippen molar-refractivity contribution >= 4 is 47.3 Å². The molecule has 0 atom stereocenters. The summed E-state index contributed by atoms with van der Waals surface area (Å²) in [6.45, 7) is 14.9. The van der Waals surface area contributed by atoms with Gasteiger partial charge in [-0.15, -0.1) is 0 Å². The normalized spacial score (nSPS) is 10.5. The van der Waals surface area contributed by atoms with Crippen molar-refractivity contribution in [1.82, 2.24) is 10.6 Å². The van der Waals surface area contributed by atoms with Crippen LogP contribution in [-0.4, -0.2) is 73.4 Å². The molecule has 1 aromatic rings. The molecule has 42 heavy (non-hydrogen) atoms. The van der Waals surface area contributed by atoms with Crippen LogP contribution in [0.4, 0.5) is 21.0 Å². The Labute approximate surface area is 242 Å². The number of esters is 4. The minimum atomic E-state index is -1.30. The lowest BCUT2D eigenvalue weighted by Crippen LogP contribution is -2.54. The Morgan fingerprint density at radius 1 is 0.571 bits per heavy atom. The first-order valence-corrected chi connectivity index (χ1v) is 12.2. The van der Waals surface area contributed by atoms with Crippen molar-refractivity contribution in [3.8, 4) is 0 Å². The van der Waals surface area contributed by atoms with Crippen LogP contribution < -0.4 is 21.3 Å². The summed E-state index contributed by atoms with van der Waals surface area (Å²) in [5.74, 6) is -2.94. The summed E-state index contributed by atoms with van der Waals surface area (Å²) >= 11 is 0. The van der Waals surface area contributed by atoms with E-state index in [1.54, 1.807) is 0 Å². The summed E-state index contributed by atoms with van der Waals surface area (Å²) in [4.78, 5) is 71.2. The largest absolute Gasteiger partial charge is 0.460 e. The molecule has 0 saturated carbocycles. The van der Waals surface area contributed by atoms with Gasteiger partial charge in [-0.2, -0.15) is 0 Å². The fourth-order valence-corrected chi connectivity index (χ4v) is 2.89. The van der Waals surface area contributed by atoms with Gasteiger partial charge in [0.15, 0.2) is 0 Å². The van der Waals surface area contributed by atoms with E-state index in [1.165, 1.54) is 38.1 Å². The molecule has 0 aliphatic rings. The van der Waals surface area contributed by atoms with E-state index in [0.717, 1.165) is 24.3 Å². The molecule has 14 heteroatoms. The first-order valence-electron chi connectivity index (χ1n) is 12.2. The van der Waals surface area contributed by atoms with E-state index in [0.29, 0.717) is 11.4 Å². The van der Waals surface area contributed by atoms with Gasteiger partial charge < -0.3 is 40.2 Å². The fourth-order valence-electron chi connectivity index (χ4n) is 2.89. The molecular weight excluding hydrogens is 552 g/mol. The minimum absolute atomic E-state index is 0.324. The second-order valence-corrected chi connectivity index (χ2v) is 9.10. The van der Waals surface area contributed by atoms with E-state index in [9.17, 15) is 28.8 Å². The van der Waals surface area contributed by atoms with Crippen molar-refractivity contribution in [2.24, 2.45) is 0 Å². The van der Waals surface area contributed by atoms with E-state index in [-0.39, 0.29) is 26.4 Å². The minimum Gasteiger partial charge on any atom is -0.460 e. The van der Waals surface area contributed by atoms with Gasteiger partial charge in [-0.05, 0) is 38.1 Å². The number of hydrogen-bond acceptors (Lipinski definition) is 10. The number of rotatable bonds is 16. The zero-order chi connectivity index (χ0) is 31.8. The molecule has 0 aliphatic carbocycles. The Morgan fingerprint density at radius 3 is 1.02 bits per heavy atom. The molecule has 0 aliphatic heterocycles. The van der Waals surface area contributed by atoms with Crippen LogP contribution in [0.15, 0.2) is 74.9 Å². The monoisotopic (exact) mass is 586 g/mol. The highest BCUT2D eigenvalue weighted by atomic mass is 16.6. The Balaban J connectivity index is 2.84. The highest BCUT2D eigenvalue weighted by Crippen LogP contribution is 2.15. The second kappa shape index (κ2) is 16.6. The third kappa shape index (κ3) is 13.1. The zero-order valence-electron chi connectivity index (χ0n) is 23.4. The lowest BCUT2D eigenvalue weighted by atomic mass is 10.1. The van der Waals surface area contributed by atoms with Crippen LogP contribution in [0.25, 0.3) is 0 Å². The average molecular weight is 587 g/mol. The Morgan fingerprint density at radius 2 is 0.810 bits per heavy atom. The SMILES string of the molecule is C=CC(=O)OCC(C)(COC(=O)C=C)NC(=O)Nc1ccc(NC(=O)NC(C)(COC(=O)C=C)COC(=O)C=C)cc1. The number of carbonyl (C=O) groups is 6. The van der Waals surface area contributed by atoms with Crippen LogP contribution in [0.5, 0.6) is 0 Å². The number of anilines is 2. The van der Waals surface area contributed by atoms with E-state index in [4.69, 9.17) is 18.9 Å². The molecule has 14 nitrogen and oxygen atoms in total. The van der Waals surface area contributed by atoms with E-state index in [2.05, 4.69) is 47.6 Å². The van der Waals surface area contributed by atoms with Gasteiger partial charge in [-0.3, -0.25) is 0 Å². The third-order valence-electron chi connectivity index (χ3n) is 5.03. The van der Waals surface area contributed by atoms with Crippen molar-refractivity contribution in [3.05, 3.63) is 74.9 Å². The van der Waals surface area contributed by atoms with Crippen LogP contribution in [0.2, 0.25) is 0 Å². The van der Waals surface area contributed by atoms with Gasteiger partial charge in [0, 0.05) is 35.7 Å². The molecule has 0 bridgehead atoms. The van der Waals surface area contributed by atoms with Gasteiger partial charge in [0.2, 0.25) is 0 Å². The van der Waals surface area contributed by atoms with Crippen LogP contribution in [0, 0.1) is 0 Å². The smallest absolute Gasteiger partial charge is 0.330 e. The quantitative estimate of drug-likeness (QED) is 0.127. The predicted molar refractivity (Wildman–Crippen MR) is 152 cm³/mol. The average Bonchev–Trinajstić information content (AvgIpc) is 2.97. The molecule has 1 aromatic carbocycles. The van der Waals surface area contributed by atoms with E-state index >= 15 is 0 Å². The van der Waals surface area contributed by atoms with Gasteiger partial charge in [0.05, 0.1) is 0 Å². The van der Waals surface area contributed by atoms with Crippen LogP contribution in [0.1, 0.15) is 13.8 Å². The second-order valence-electron chi connectivity index (χ2n) is 9.10. The first kappa shape index (κ1) is 34.6. The summed E-state index contributed by atoms with van der Waals surface area (Å²) in [7, 11) is 0. The number of hydrogen-bond donors (Lipinski definition) is 4. The maximum Gasteiger partial charge on any atom is 0.330 e. The van der Waals surface area contributed by atoms with Gasteiger partial charge >= 0.3 is 35.9 Å². The highest BCUT2D eigenvalue weighted by molar-refractivity contribution is 5.92. The maximum absolute atomic E-state index is 12.6. The standard InChI is InChI=1S/C28H34N4O10/c1-7-21(33)39-15-27(5,16-40-22(34)8-2)31-25(37)29-19-11-13-20(14-12-19)30-26(38)32-28(6,17-41-23(35)9-3)18-42-24(36)10-4/h7-14H,1-4,15-18H2,5-6H3,(H2,29,31,37)(H2,30,32,38). The number of amides is 4. The molecule has 0 unspecified atom stereocenters. The first-order chi connectivity index (χ1) is 19.8. The summed E-state index contributed by atoms with van der Waals surface area (Å²) in [5, 5.41) is 10.3. The summed E-state index contributed by atoms with van der Waals surface area (Å²) in [6, 6.07) is 4.52. The maximum atomic E-state index is 12.6. The van der Waals surface area contributed by atoms with Gasteiger partial charge in [-0.1, -0.05) is 26.3 Å². The molecule has 0 aromatic heterocycles. The lowest BCUT2D eigenvalue weighted by molar-refractivity contribution is -0.145. The number of nitrogens with one attached hydrogen (secondary N) is 4. The lowest BCUT2D eigenvalue weighted by Gasteiger charge is -2.29. The van der Waals surface area contributed by atoms with Gasteiger partial charge in [-0.25, -0.2) is 28.8 Å². The highest BCUT2D eigenvalue weighted by Gasteiger charge is 2.31. The Bertz CT molecular complexity index is 1070. The van der Waals surface area contributed by atoms with Crippen LogP contribution >= 0.6 is 0 Å². The summed E-state index contributed by atoms with van der Waals surface area (Å²) in [5.41, 5.74) is -1.95. The Hall–Kier alpha value is -5.40. The number of urea groups is 2. The molecule has 0 radical (unpaired) electrons. The zero-order valence-corrected chi connectivity index (χ0v) is 23.4. The Kier molecular flexibility index (Phi) is 13.7. The third-order valence-corrected chi connectivity index (χ3v) is 5.03. The molecular formula is C28H34N4O10. The van der Waals surface area contributed by atoms with E-state index < -0.39 is 47.0 Å². The fraction of sp³-hybridized carbons (Fsp3) is 0.286. The predicted octanol–water partition coefficient (Wildman–Crippen LogP) is 2.36. The molecule has 1 rings (SSSR count). The molecule has 4 N–H and O–H groups in total. The molecule has 0 fully saturated rings. The van der Waals surface area contributed by atoms with Crippen molar-refractivity contribution in [1.29, 1.82) is 0 Å².